The maximum absolute atomic E-state index is 12.6. The van der Waals surface area contributed by atoms with Crippen LogP contribution in [-0.2, 0) is 10.3 Å². The van der Waals surface area contributed by atoms with Gasteiger partial charge in [0.15, 0.2) is 0 Å². The van der Waals surface area contributed by atoms with Crippen LogP contribution in [0, 0.1) is 0 Å². The fourth-order valence-electron chi connectivity index (χ4n) is 3.44. The minimum atomic E-state index is -5.08. The van der Waals surface area contributed by atoms with Crippen LogP contribution in [0.15, 0.2) is 42.5 Å². The van der Waals surface area contributed by atoms with E-state index in [0.717, 1.165) is 19.3 Å². The van der Waals surface area contributed by atoms with Crippen molar-refractivity contribution >= 4 is 22.8 Å². The molecule has 4 rings (SSSR count). The number of alkyl halides is 6. The highest BCUT2D eigenvalue weighted by Gasteiger charge is 2.38. The molecule has 8 nitrogen and oxygen atoms in total. The number of nitrogens with two attached hydrogens (primary N) is 2. The lowest BCUT2D eigenvalue weighted by molar-refractivity contribution is -0.274. The lowest BCUT2D eigenvalue weighted by Gasteiger charge is -2.37. The van der Waals surface area contributed by atoms with E-state index in [1.165, 1.54) is 28.8 Å². The number of aromatic nitrogens is 2. The second kappa shape index (κ2) is 9.09. The van der Waals surface area contributed by atoms with E-state index in [-0.39, 0.29) is 5.69 Å². The summed E-state index contributed by atoms with van der Waals surface area (Å²) in [4.78, 5) is 25.4. The highest BCUT2D eigenvalue weighted by molar-refractivity contribution is 5.99. The van der Waals surface area contributed by atoms with Crippen molar-refractivity contribution < 1.29 is 45.8 Å². The number of fused-ring (bicyclic) bond motifs is 1. The first-order chi connectivity index (χ1) is 16.1. The molecule has 3 aromatic rings. The zero-order valence-electron chi connectivity index (χ0n) is 17.7. The van der Waals surface area contributed by atoms with Crippen molar-refractivity contribution in [1.29, 1.82) is 0 Å². The van der Waals surface area contributed by atoms with Gasteiger partial charge >= 0.3 is 18.5 Å². The second-order valence-corrected chi connectivity index (χ2v) is 7.69. The molecule has 1 saturated carbocycles. The summed E-state index contributed by atoms with van der Waals surface area (Å²) in [6.45, 7) is 0. The summed E-state index contributed by atoms with van der Waals surface area (Å²) in [5.41, 5.74) is 12.4. The number of benzene rings is 1. The fraction of sp³-hybridized carbons (Fsp3) is 0.286. The van der Waals surface area contributed by atoms with Gasteiger partial charge in [0, 0.05) is 11.5 Å². The van der Waals surface area contributed by atoms with Gasteiger partial charge in [-0.2, -0.15) is 13.2 Å². The molecule has 188 valence electrons. The minimum absolute atomic E-state index is 0.100. The third kappa shape index (κ3) is 5.82. The van der Waals surface area contributed by atoms with E-state index in [1.807, 2.05) is 0 Å². The predicted octanol–water partition coefficient (Wildman–Crippen LogP) is 3.99. The Labute approximate surface area is 193 Å². The average Bonchev–Trinajstić information content (AvgIpc) is 3.10. The molecule has 1 amide bonds. The number of hydrogen-bond acceptors (Lipinski definition) is 5. The molecule has 1 aliphatic rings. The van der Waals surface area contributed by atoms with E-state index in [9.17, 15) is 31.1 Å². The van der Waals surface area contributed by atoms with Gasteiger partial charge in [0.2, 0.25) is 0 Å². The van der Waals surface area contributed by atoms with Gasteiger partial charge in [0.25, 0.3) is 5.91 Å². The minimum Gasteiger partial charge on any atom is -0.475 e. The van der Waals surface area contributed by atoms with Crippen molar-refractivity contribution in [3.8, 4) is 11.6 Å². The van der Waals surface area contributed by atoms with Crippen LogP contribution < -0.4 is 16.2 Å². The Bertz CT molecular complexity index is 1260. The van der Waals surface area contributed by atoms with Crippen LogP contribution in [0.4, 0.5) is 26.3 Å². The highest BCUT2D eigenvalue weighted by Crippen LogP contribution is 2.38. The molecule has 0 spiro atoms. The lowest BCUT2D eigenvalue weighted by Crippen LogP contribution is -2.44. The smallest absolute Gasteiger partial charge is 0.475 e. The van der Waals surface area contributed by atoms with Crippen molar-refractivity contribution in [2.24, 2.45) is 11.5 Å². The van der Waals surface area contributed by atoms with Crippen molar-refractivity contribution in [1.82, 2.24) is 9.55 Å². The molecule has 14 heteroatoms. The fourth-order valence-corrected chi connectivity index (χ4v) is 3.44. The predicted molar refractivity (Wildman–Crippen MR) is 110 cm³/mol. The van der Waals surface area contributed by atoms with E-state index in [1.54, 1.807) is 18.2 Å². The molecule has 0 radical (unpaired) electrons. The molecule has 35 heavy (non-hydrogen) atoms. The molecule has 2 heterocycles. The summed E-state index contributed by atoms with van der Waals surface area (Å²) < 4.78 is 75.0. The number of carbonyl (C=O) groups excluding carboxylic acids is 1. The van der Waals surface area contributed by atoms with Crippen molar-refractivity contribution in [3.05, 3.63) is 53.9 Å². The number of carbonyl (C=O) groups is 2. The molecule has 1 aliphatic carbocycles. The van der Waals surface area contributed by atoms with Gasteiger partial charge in [-0.05, 0) is 49.6 Å². The maximum Gasteiger partial charge on any atom is 0.573 e. The molecule has 5 N–H and O–H groups in total. The van der Waals surface area contributed by atoms with Gasteiger partial charge in [-0.15, -0.1) is 13.2 Å². The van der Waals surface area contributed by atoms with Crippen LogP contribution >= 0.6 is 0 Å². The van der Waals surface area contributed by atoms with E-state index >= 15 is 0 Å². The molecular formula is C21H18F6N4O4. The number of halogens is 6. The summed E-state index contributed by atoms with van der Waals surface area (Å²) in [5, 5.41) is 7.65. The van der Waals surface area contributed by atoms with Gasteiger partial charge in [0.05, 0.1) is 16.7 Å². The Kier molecular flexibility index (Phi) is 6.70. The molecule has 0 bridgehead atoms. The number of carboxylic acid groups (broad SMARTS) is 1. The average molecular weight is 504 g/mol. The number of rotatable bonds is 4. The van der Waals surface area contributed by atoms with Crippen LogP contribution in [0.3, 0.4) is 0 Å². The monoisotopic (exact) mass is 504 g/mol. The number of hydrogen-bond donors (Lipinski definition) is 3. The molecule has 0 atom stereocenters. The first-order valence-corrected chi connectivity index (χ1v) is 9.89. The van der Waals surface area contributed by atoms with Crippen molar-refractivity contribution in [2.45, 2.75) is 37.3 Å². The number of ether oxygens (including phenoxy) is 1. The molecule has 0 aliphatic heterocycles. The molecule has 1 aromatic carbocycles. The Morgan fingerprint density at radius 1 is 1.06 bits per heavy atom. The quantitative estimate of drug-likeness (QED) is 0.460. The van der Waals surface area contributed by atoms with Crippen molar-refractivity contribution in [2.75, 3.05) is 0 Å². The van der Waals surface area contributed by atoms with Crippen LogP contribution in [0.1, 0.15) is 35.4 Å². The SMILES string of the molecule is NC(=O)c1cc2ccc(OC(F)(F)F)cc2n1-c1cccc(C2(N)CCC2)n1.O=C(O)C(F)(F)F. The zero-order valence-corrected chi connectivity index (χ0v) is 17.7. The van der Waals surface area contributed by atoms with E-state index in [2.05, 4.69) is 9.72 Å². The summed E-state index contributed by atoms with van der Waals surface area (Å²) in [6, 6.07) is 10.5. The van der Waals surface area contributed by atoms with Crippen LogP contribution in [-0.4, -0.2) is 39.1 Å². The van der Waals surface area contributed by atoms with E-state index in [4.69, 9.17) is 21.4 Å². The summed E-state index contributed by atoms with van der Waals surface area (Å²) in [6.07, 6.45) is -7.32. The van der Waals surface area contributed by atoms with E-state index < -0.39 is 35.7 Å². The summed E-state index contributed by atoms with van der Waals surface area (Å²) >= 11 is 0. The Morgan fingerprint density at radius 3 is 2.17 bits per heavy atom. The number of nitrogens with zero attached hydrogens (tertiary/aromatic N) is 2. The maximum atomic E-state index is 12.6. The zero-order chi connectivity index (χ0) is 26.2. The molecule has 0 unspecified atom stereocenters. The number of primary amides is 1. The summed E-state index contributed by atoms with van der Waals surface area (Å²) in [5.74, 6) is -3.54. The first-order valence-electron chi connectivity index (χ1n) is 9.89. The molecule has 0 saturated heterocycles. The van der Waals surface area contributed by atoms with Crippen LogP contribution in [0.2, 0.25) is 0 Å². The lowest BCUT2D eigenvalue weighted by atomic mass is 9.75. The Hall–Kier alpha value is -3.81. The molecule has 1 fully saturated rings. The highest BCUT2D eigenvalue weighted by atomic mass is 19.4. The van der Waals surface area contributed by atoms with Gasteiger partial charge < -0.3 is 21.3 Å². The van der Waals surface area contributed by atoms with Crippen molar-refractivity contribution in [3.63, 3.8) is 0 Å². The topological polar surface area (TPSA) is 133 Å². The Balaban J connectivity index is 0.000000429. The molecular weight excluding hydrogens is 486 g/mol. The second-order valence-electron chi connectivity index (χ2n) is 7.69. The first kappa shape index (κ1) is 25.8. The molecule has 2 aromatic heterocycles. The van der Waals surface area contributed by atoms with E-state index in [0.29, 0.717) is 22.4 Å². The van der Waals surface area contributed by atoms with Gasteiger partial charge in [0.1, 0.15) is 17.3 Å². The van der Waals surface area contributed by atoms with Gasteiger partial charge in [-0.1, -0.05) is 6.07 Å². The number of pyridine rings is 1. The third-order valence-corrected chi connectivity index (χ3v) is 5.22. The largest absolute Gasteiger partial charge is 0.573 e. The normalized spacial score (nSPS) is 15.1. The summed E-state index contributed by atoms with van der Waals surface area (Å²) in [7, 11) is 0. The van der Waals surface area contributed by atoms with Crippen LogP contribution in [0.25, 0.3) is 16.7 Å². The number of amides is 1. The number of carboxylic acids is 1. The van der Waals surface area contributed by atoms with Gasteiger partial charge in [-0.25, -0.2) is 9.78 Å². The van der Waals surface area contributed by atoms with Crippen LogP contribution in [0.5, 0.6) is 5.75 Å². The third-order valence-electron chi connectivity index (χ3n) is 5.22. The number of aliphatic carboxylic acids is 1. The van der Waals surface area contributed by atoms with Gasteiger partial charge in [-0.3, -0.25) is 9.36 Å². The standard InChI is InChI=1S/C19H17F3N4O2.C2HF3O2/c20-19(21,22)28-12-6-5-11-9-14(17(23)27)26(13(11)10-12)16-4-1-3-15(25-16)18(24)7-2-8-18;3-2(4,5)1(6)7/h1,3-6,9-10H,2,7-8,24H2,(H2,23,27);(H,6,7). The Morgan fingerprint density at radius 2 is 1.69 bits per heavy atom.